The summed E-state index contributed by atoms with van der Waals surface area (Å²) in [6.45, 7) is 5.58. The van der Waals surface area contributed by atoms with Crippen LogP contribution in [0.2, 0.25) is 0 Å². The molecule has 0 aliphatic carbocycles. The third kappa shape index (κ3) is 6.89. The van der Waals surface area contributed by atoms with E-state index in [9.17, 15) is 18.8 Å². The molecule has 0 spiro atoms. The molecule has 41 heavy (non-hydrogen) atoms. The molecule has 0 bridgehead atoms. The van der Waals surface area contributed by atoms with Gasteiger partial charge in [0, 0.05) is 11.8 Å². The fourth-order valence-electron chi connectivity index (χ4n) is 3.72. The van der Waals surface area contributed by atoms with Gasteiger partial charge < -0.3 is 19.3 Å². The molecule has 0 aliphatic heterocycles. The maximum atomic E-state index is 13.6. The second kappa shape index (κ2) is 12.2. The minimum atomic E-state index is -4.18. The molecule has 2 N–H and O–H groups in total. The fraction of sp³-hybridized carbons (Fsp3) is 0.241. The van der Waals surface area contributed by atoms with E-state index in [1.165, 1.54) is 31.5 Å². The summed E-state index contributed by atoms with van der Waals surface area (Å²) >= 11 is 0. The number of aromatic nitrogens is 3. The normalized spacial score (nSPS) is 11.4. The highest BCUT2D eigenvalue weighted by Crippen LogP contribution is 2.41. The van der Waals surface area contributed by atoms with E-state index in [2.05, 4.69) is 19.7 Å². The zero-order valence-corrected chi connectivity index (χ0v) is 23.8. The van der Waals surface area contributed by atoms with Gasteiger partial charge in [-0.25, -0.2) is 18.4 Å². The monoisotopic (exact) mass is 575 g/mol. The molecule has 0 atom stereocenters. The van der Waals surface area contributed by atoms with Gasteiger partial charge in [-0.2, -0.15) is 10.2 Å². The van der Waals surface area contributed by atoms with Crippen LogP contribution < -0.4 is 18.9 Å². The third-order valence-corrected chi connectivity index (χ3v) is 7.19. The van der Waals surface area contributed by atoms with Crippen LogP contribution >= 0.6 is 0 Å². The summed E-state index contributed by atoms with van der Waals surface area (Å²) in [7, 11) is -2.71. The lowest BCUT2D eigenvalue weighted by molar-refractivity contribution is 0.192. The van der Waals surface area contributed by atoms with E-state index >= 15 is 0 Å². The number of methoxy groups -OCH3 is 1. The number of aliphatic hydroxyl groups excluding tert-OH is 1. The van der Waals surface area contributed by atoms with Crippen molar-refractivity contribution in [3.63, 3.8) is 0 Å². The Kier molecular flexibility index (Phi) is 8.71. The van der Waals surface area contributed by atoms with Gasteiger partial charge in [-0.3, -0.25) is 4.72 Å². The Labute approximate surface area is 238 Å². The number of nitrogens with zero attached hydrogens (tertiary/aromatic N) is 4. The molecule has 4 rings (SSSR count). The summed E-state index contributed by atoms with van der Waals surface area (Å²) in [5, 5.41) is 18.8. The SMILES string of the molecule is COc1ccccc1Oc1c(NS(=O)(=O)c2ccc(C(C)(C)C)cc2)nc(-c2ccnc(C#N)c2)nc1OCCO. The van der Waals surface area contributed by atoms with Crippen LogP contribution in [0.25, 0.3) is 11.4 Å². The van der Waals surface area contributed by atoms with Crippen LogP contribution in [0.4, 0.5) is 5.82 Å². The fourth-order valence-corrected chi connectivity index (χ4v) is 4.73. The number of hydrogen-bond acceptors (Lipinski definition) is 10. The first-order valence-electron chi connectivity index (χ1n) is 12.5. The molecule has 2 heterocycles. The summed E-state index contributed by atoms with van der Waals surface area (Å²) in [5.41, 5.74) is 1.29. The van der Waals surface area contributed by atoms with Crippen molar-refractivity contribution in [2.24, 2.45) is 0 Å². The highest BCUT2D eigenvalue weighted by molar-refractivity contribution is 7.92. The van der Waals surface area contributed by atoms with Gasteiger partial charge in [-0.05, 0) is 47.4 Å². The molecule has 2 aromatic heterocycles. The van der Waals surface area contributed by atoms with Gasteiger partial charge in [-0.1, -0.05) is 45.0 Å². The molecule has 0 aliphatic rings. The van der Waals surface area contributed by atoms with Gasteiger partial charge in [0.2, 0.25) is 5.75 Å². The predicted octanol–water partition coefficient (Wildman–Crippen LogP) is 4.68. The van der Waals surface area contributed by atoms with Crippen molar-refractivity contribution in [1.82, 2.24) is 15.0 Å². The van der Waals surface area contributed by atoms with E-state index in [1.54, 1.807) is 42.5 Å². The number of para-hydroxylation sites is 2. The Balaban J connectivity index is 1.88. The topological polar surface area (TPSA) is 157 Å². The van der Waals surface area contributed by atoms with Crippen molar-refractivity contribution in [3.05, 3.63) is 78.1 Å². The highest BCUT2D eigenvalue weighted by Gasteiger charge is 2.26. The maximum absolute atomic E-state index is 13.6. The standard InChI is InChI=1S/C29H29N5O6S/c1-29(2,3)20-9-11-22(12-10-20)41(36,37)34-27-25(40-24-8-6-5-7-23(24)38-4)28(39-16-15-35)33-26(32-27)19-13-14-31-21(17-19)18-30/h5-14,17,35H,15-16H2,1-4H3,(H,32,33,34). The number of anilines is 1. The van der Waals surface area contributed by atoms with E-state index in [0.29, 0.717) is 11.3 Å². The predicted molar refractivity (Wildman–Crippen MR) is 152 cm³/mol. The summed E-state index contributed by atoms with van der Waals surface area (Å²) in [6, 6.07) is 18.2. The second-order valence-electron chi connectivity index (χ2n) is 9.78. The number of pyridine rings is 1. The van der Waals surface area contributed by atoms with Gasteiger partial charge in [0.1, 0.15) is 18.4 Å². The third-order valence-electron chi connectivity index (χ3n) is 5.84. The summed E-state index contributed by atoms with van der Waals surface area (Å²) in [4.78, 5) is 12.9. The van der Waals surface area contributed by atoms with Gasteiger partial charge in [0.25, 0.3) is 15.9 Å². The maximum Gasteiger partial charge on any atom is 0.263 e. The number of rotatable bonds is 10. The van der Waals surface area contributed by atoms with Crippen molar-refractivity contribution in [1.29, 1.82) is 5.26 Å². The first-order chi connectivity index (χ1) is 19.6. The van der Waals surface area contributed by atoms with E-state index in [1.807, 2.05) is 26.8 Å². The van der Waals surface area contributed by atoms with E-state index in [0.717, 1.165) is 5.56 Å². The molecule has 212 valence electrons. The first-order valence-corrected chi connectivity index (χ1v) is 14.0. The molecular weight excluding hydrogens is 546 g/mol. The smallest absolute Gasteiger partial charge is 0.263 e. The number of benzene rings is 2. The van der Waals surface area contributed by atoms with Crippen LogP contribution in [0.15, 0.2) is 71.8 Å². The molecule has 4 aromatic rings. The minimum Gasteiger partial charge on any atom is -0.493 e. The van der Waals surface area contributed by atoms with Gasteiger partial charge in [-0.15, -0.1) is 0 Å². The minimum absolute atomic E-state index is 0.00223. The molecule has 0 fully saturated rings. The number of nitrogens with one attached hydrogen (secondary N) is 1. The molecule has 0 saturated heterocycles. The van der Waals surface area contributed by atoms with Crippen LogP contribution in [0.1, 0.15) is 32.0 Å². The zero-order valence-electron chi connectivity index (χ0n) is 23.0. The number of aliphatic hydroxyl groups is 1. The van der Waals surface area contributed by atoms with Crippen LogP contribution in [0, 0.1) is 11.3 Å². The number of nitriles is 1. The van der Waals surface area contributed by atoms with Crippen LogP contribution in [-0.4, -0.2) is 48.8 Å². The zero-order chi connectivity index (χ0) is 29.6. The highest BCUT2D eigenvalue weighted by atomic mass is 32.2. The lowest BCUT2D eigenvalue weighted by Crippen LogP contribution is -2.17. The Hall–Kier alpha value is -4.73. The molecule has 11 nitrogen and oxygen atoms in total. The number of ether oxygens (including phenoxy) is 3. The van der Waals surface area contributed by atoms with E-state index in [-0.39, 0.29) is 58.2 Å². The molecule has 2 aromatic carbocycles. The summed E-state index contributed by atoms with van der Waals surface area (Å²) < 4.78 is 46.8. The number of sulfonamides is 1. The Bertz CT molecular complexity index is 1680. The average Bonchev–Trinajstić information content (AvgIpc) is 2.96. The summed E-state index contributed by atoms with van der Waals surface area (Å²) in [5.74, 6) is 0.103. The van der Waals surface area contributed by atoms with Crippen molar-refractivity contribution in [2.75, 3.05) is 25.0 Å². The van der Waals surface area contributed by atoms with Crippen LogP contribution in [0.3, 0.4) is 0 Å². The van der Waals surface area contributed by atoms with Gasteiger partial charge >= 0.3 is 0 Å². The molecule has 0 saturated carbocycles. The van der Waals surface area contributed by atoms with Gasteiger partial charge in [0.05, 0.1) is 18.6 Å². The van der Waals surface area contributed by atoms with Crippen LogP contribution in [-0.2, 0) is 15.4 Å². The number of hydrogen-bond donors (Lipinski definition) is 2. The average molecular weight is 576 g/mol. The van der Waals surface area contributed by atoms with Crippen molar-refractivity contribution in [3.8, 4) is 40.6 Å². The Morgan fingerprint density at radius 2 is 1.73 bits per heavy atom. The van der Waals surface area contributed by atoms with Crippen LogP contribution in [0.5, 0.6) is 23.1 Å². The molecule has 0 radical (unpaired) electrons. The van der Waals surface area contributed by atoms with Crippen molar-refractivity contribution < 1.29 is 27.7 Å². The molecular formula is C29H29N5O6S. The molecule has 12 heteroatoms. The van der Waals surface area contributed by atoms with Gasteiger partial charge in [0.15, 0.2) is 23.1 Å². The quantitative estimate of drug-likeness (QED) is 0.272. The molecule has 0 unspecified atom stereocenters. The summed E-state index contributed by atoms with van der Waals surface area (Å²) in [6.07, 6.45) is 1.41. The van der Waals surface area contributed by atoms with E-state index in [4.69, 9.17) is 14.2 Å². The Morgan fingerprint density at radius 1 is 1.02 bits per heavy atom. The van der Waals surface area contributed by atoms with Crippen molar-refractivity contribution in [2.45, 2.75) is 31.1 Å². The first kappa shape index (κ1) is 29.3. The Morgan fingerprint density at radius 3 is 2.37 bits per heavy atom. The van der Waals surface area contributed by atoms with Crippen molar-refractivity contribution >= 4 is 15.8 Å². The lowest BCUT2D eigenvalue weighted by atomic mass is 9.87. The van der Waals surface area contributed by atoms with E-state index < -0.39 is 10.0 Å². The lowest BCUT2D eigenvalue weighted by Gasteiger charge is -2.20. The molecule has 0 amide bonds. The second-order valence-corrected chi connectivity index (χ2v) is 11.5. The largest absolute Gasteiger partial charge is 0.493 e.